The van der Waals surface area contributed by atoms with E-state index in [0.717, 1.165) is 0 Å². The fourth-order valence-corrected chi connectivity index (χ4v) is 2.16. The number of halogens is 1. The number of rotatable bonds is 5. The average molecular weight is 285 g/mol. The van der Waals surface area contributed by atoms with E-state index < -0.39 is 10.5 Å². The molecule has 5 nitrogen and oxygen atoms in total. The standard InChI is InChI=1S/C13H17ClN2O3/c1-9-8-10(16(18)19)4-5-11(9)12(17)15-13(2,3)6-7-14/h4-5,8H,6-7H2,1-3H3,(H,15,17). The van der Waals surface area contributed by atoms with Gasteiger partial charge >= 0.3 is 0 Å². The number of amides is 1. The predicted molar refractivity (Wildman–Crippen MR) is 74.7 cm³/mol. The Morgan fingerprint density at radius 2 is 2.11 bits per heavy atom. The Bertz CT molecular complexity index is 501. The van der Waals surface area contributed by atoms with Gasteiger partial charge < -0.3 is 5.32 Å². The number of non-ortho nitro benzene ring substituents is 1. The van der Waals surface area contributed by atoms with E-state index in [0.29, 0.717) is 23.4 Å². The molecule has 1 aromatic carbocycles. The molecule has 1 aromatic rings. The summed E-state index contributed by atoms with van der Waals surface area (Å²) in [5.74, 6) is 0.203. The van der Waals surface area contributed by atoms with Crippen LogP contribution >= 0.6 is 11.6 Å². The minimum atomic E-state index is -0.480. The van der Waals surface area contributed by atoms with Gasteiger partial charge in [-0.25, -0.2) is 0 Å². The van der Waals surface area contributed by atoms with E-state index in [1.165, 1.54) is 18.2 Å². The van der Waals surface area contributed by atoms with Gasteiger partial charge in [0.2, 0.25) is 0 Å². The summed E-state index contributed by atoms with van der Waals surface area (Å²) in [7, 11) is 0. The lowest BCUT2D eigenvalue weighted by Gasteiger charge is -2.25. The van der Waals surface area contributed by atoms with Gasteiger partial charge in [-0.15, -0.1) is 11.6 Å². The second-order valence-electron chi connectivity index (χ2n) is 5.03. The highest BCUT2D eigenvalue weighted by molar-refractivity contribution is 6.17. The summed E-state index contributed by atoms with van der Waals surface area (Å²) in [6, 6.07) is 4.19. The maximum Gasteiger partial charge on any atom is 0.269 e. The summed E-state index contributed by atoms with van der Waals surface area (Å²) in [5.41, 5.74) is 0.586. The maximum atomic E-state index is 12.1. The first-order chi connectivity index (χ1) is 8.76. The molecule has 0 heterocycles. The number of aryl methyl sites for hydroxylation is 1. The van der Waals surface area contributed by atoms with Crippen molar-refractivity contribution in [1.82, 2.24) is 5.32 Å². The van der Waals surface area contributed by atoms with Gasteiger partial charge in [-0.1, -0.05) is 0 Å². The molecule has 0 radical (unpaired) electrons. The van der Waals surface area contributed by atoms with Crippen LogP contribution < -0.4 is 5.32 Å². The molecule has 0 aromatic heterocycles. The summed E-state index contributed by atoms with van der Waals surface area (Å²) < 4.78 is 0. The van der Waals surface area contributed by atoms with Crippen LogP contribution in [0.15, 0.2) is 18.2 Å². The van der Waals surface area contributed by atoms with Crippen molar-refractivity contribution in [2.75, 3.05) is 5.88 Å². The highest BCUT2D eigenvalue weighted by Crippen LogP contribution is 2.18. The highest BCUT2D eigenvalue weighted by atomic mass is 35.5. The number of hydrogen-bond donors (Lipinski definition) is 1. The number of alkyl halides is 1. The van der Waals surface area contributed by atoms with Gasteiger partial charge in [0.1, 0.15) is 0 Å². The minimum Gasteiger partial charge on any atom is -0.347 e. The van der Waals surface area contributed by atoms with Crippen molar-refractivity contribution in [1.29, 1.82) is 0 Å². The lowest BCUT2D eigenvalue weighted by molar-refractivity contribution is -0.384. The van der Waals surface area contributed by atoms with Gasteiger partial charge in [-0.2, -0.15) is 0 Å². The maximum absolute atomic E-state index is 12.1. The van der Waals surface area contributed by atoms with Crippen molar-refractivity contribution in [3.8, 4) is 0 Å². The van der Waals surface area contributed by atoms with Crippen LogP contribution in [-0.2, 0) is 0 Å². The third-order valence-corrected chi connectivity index (χ3v) is 3.03. The summed E-state index contributed by atoms with van der Waals surface area (Å²) in [6.07, 6.45) is 0.645. The molecule has 0 aliphatic rings. The summed E-state index contributed by atoms with van der Waals surface area (Å²) in [6.45, 7) is 5.44. The SMILES string of the molecule is Cc1cc([N+](=O)[O-])ccc1C(=O)NC(C)(C)CCCl. The molecule has 0 saturated heterocycles. The second-order valence-corrected chi connectivity index (χ2v) is 5.41. The van der Waals surface area contributed by atoms with Crippen molar-refractivity contribution in [3.05, 3.63) is 39.4 Å². The van der Waals surface area contributed by atoms with Crippen LogP contribution in [0.3, 0.4) is 0 Å². The van der Waals surface area contributed by atoms with Crippen LogP contribution in [0.2, 0.25) is 0 Å². The van der Waals surface area contributed by atoms with Crippen LogP contribution in [0.1, 0.15) is 36.2 Å². The van der Waals surface area contributed by atoms with Gasteiger partial charge in [0.05, 0.1) is 4.92 Å². The van der Waals surface area contributed by atoms with Gasteiger partial charge in [-0.05, 0) is 38.8 Å². The number of nitro benzene ring substituents is 1. The number of hydrogen-bond acceptors (Lipinski definition) is 3. The van der Waals surface area contributed by atoms with Crippen LogP contribution in [0.25, 0.3) is 0 Å². The molecule has 1 amide bonds. The number of nitro groups is 1. The first-order valence-electron chi connectivity index (χ1n) is 5.90. The number of nitrogens with zero attached hydrogens (tertiary/aromatic N) is 1. The molecule has 0 bridgehead atoms. The van der Waals surface area contributed by atoms with Crippen LogP contribution in [0.4, 0.5) is 5.69 Å². The van der Waals surface area contributed by atoms with Crippen molar-refractivity contribution >= 4 is 23.2 Å². The molecule has 0 fully saturated rings. The molecule has 6 heteroatoms. The zero-order valence-corrected chi connectivity index (χ0v) is 12.0. The van der Waals surface area contributed by atoms with E-state index in [1.807, 2.05) is 13.8 Å². The zero-order valence-electron chi connectivity index (χ0n) is 11.2. The van der Waals surface area contributed by atoms with E-state index in [2.05, 4.69) is 5.32 Å². The number of carbonyl (C=O) groups excluding carboxylic acids is 1. The van der Waals surface area contributed by atoms with Gasteiger partial charge in [0.25, 0.3) is 11.6 Å². The second kappa shape index (κ2) is 6.02. The first-order valence-corrected chi connectivity index (χ1v) is 6.44. The molecule has 1 rings (SSSR count). The van der Waals surface area contributed by atoms with Crippen molar-refractivity contribution in [2.24, 2.45) is 0 Å². The Morgan fingerprint density at radius 1 is 1.47 bits per heavy atom. The average Bonchev–Trinajstić information content (AvgIpc) is 2.27. The molecular weight excluding hydrogens is 268 g/mol. The molecule has 0 spiro atoms. The molecule has 19 heavy (non-hydrogen) atoms. The molecule has 104 valence electrons. The molecule has 0 atom stereocenters. The first kappa shape index (κ1) is 15.4. The number of nitrogens with one attached hydrogen (secondary N) is 1. The minimum absolute atomic E-state index is 0.0194. The predicted octanol–water partition coefficient (Wildman–Crippen LogP) is 3.04. The largest absolute Gasteiger partial charge is 0.347 e. The summed E-state index contributed by atoms with van der Waals surface area (Å²) in [4.78, 5) is 22.3. The monoisotopic (exact) mass is 284 g/mol. The number of carbonyl (C=O) groups is 1. The third-order valence-electron chi connectivity index (χ3n) is 2.84. The van der Waals surface area contributed by atoms with Gasteiger partial charge in [0.15, 0.2) is 0 Å². The normalized spacial score (nSPS) is 11.2. The molecule has 0 aliphatic carbocycles. The van der Waals surface area contributed by atoms with Gasteiger partial charge in [-0.3, -0.25) is 14.9 Å². The van der Waals surface area contributed by atoms with E-state index >= 15 is 0 Å². The fraction of sp³-hybridized carbons (Fsp3) is 0.462. The lowest BCUT2D eigenvalue weighted by Crippen LogP contribution is -2.43. The zero-order chi connectivity index (χ0) is 14.6. The van der Waals surface area contributed by atoms with Crippen LogP contribution in [0.5, 0.6) is 0 Å². The van der Waals surface area contributed by atoms with Crippen LogP contribution in [0, 0.1) is 17.0 Å². The molecule has 0 aliphatic heterocycles. The quantitative estimate of drug-likeness (QED) is 0.513. The van der Waals surface area contributed by atoms with Crippen LogP contribution in [-0.4, -0.2) is 22.2 Å². The van der Waals surface area contributed by atoms with Crippen molar-refractivity contribution in [3.63, 3.8) is 0 Å². The Kier molecular flexibility index (Phi) is 4.89. The van der Waals surface area contributed by atoms with Crippen molar-refractivity contribution in [2.45, 2.75) is 32.7 Å². The Morgan fingerprint density at radius 3 is 2.58 bits per heavy atom. The molecule has 1 N–H and O–H groups in total. The molecule has 0 saturated carbocycles. The van der Waals surface area contributed by atoms with E-state index in [1.54, 1.807) is 6.92 Å². The Balaban J connectivity index is 2.92. The lowest BCUT2D eigenvalue weighted by atomic mass is 10.00. The topological polar surface area (TPSA) is 72.2 Å². The Labute approximate surface area is 117 Å². The van der Waals surface area contributed by atoms with E-state index in [9.17, 15) is 14.9 Å². The molecular formula is C13H17ClN2O3. The van der Waals surface area contributed by atoms with E-state index in [4.69, 9.17) is 11.6 Å². The summed E-state index contributed by atoms with van der Waals surface area (Å²) >= 11 is 5.68. The Hall–Kier alpha value is -1.62. The fourth-order valence-electron chi connectivity index (χ4n) is 1.69. The molecule has 0 unspecified atom stereocenters. The number of benzene rings is 1. The third kappa shape index (κ3) is 4.21. The van der Waals surface area contributed by atoms with E-state index in [-0.39, 0.29) is 11.6 Å². The van der Waals surface area contributed by atoms with Crippen molar-refractivity contribution < 1.29 is 9.72 Å². The van der Waals surface area contributed by atoms with Gasteiger partial charge in [0, 0.05) is 29.1 Å². The highest BCUT2D eigenvalue weighted by Gasteiger charge is 2.22. The summed E-state index contributed by atoms with van der Waals surface area (Å²) in [5, 5.41) is 13.5. The smallest absolute Gasteiger partial charge is 0.269 e.